The highest BCUT2D eigenvalue weighted by atomic mass is 35.5. The minimum Gasteiger partial charge on any atom is -0.454 e. The zero-order chi connectivity index (χ0) is 23.5. The minimum absolute atomic E-state index is 0.0613. The van der Waals surface area contributed by atoms with Crippen LogP contribution in [0, 0.1) is 13.8 Å². The van der Waals surface area contributed by atoms with Gasteiger partial charge in [0.25, 0.3) is 11.8 Å². The molecule has 1 fully saturated rings. The lowest BCUT2D eigenvalue weighted by atomic mass is 10.2. The van der Waals surface area contributed by atoms with Crippen LogP contribution < -0.4 is 10.1 Å². The summed E-state index contributed by atoms with van der Waals surface area (Å²) in [5, 5.41) is 3.55. The maximum Gasteiger partial charge on any atom is 0.287 e. The van der Waals surface area contributed by atoms with Gasteiger partial charge in [0.15, 0.2) is 10.6 Å². The van der Waals surface area contributed by atoms with E-state index in [1.165, 1.54) is 17.4 Å². The highest BCUT2D eigenvalue weighted by Gasteiger charge is 2.19. The Morgan fingerprint density at radius 1 is 1.24 bits per heavy atom. The molecule has 2 aromatic heterocycles. The molecule has 0 aliphatic carbocycles. The zero-order valence-electron chi connectivity index (χ0n) is 18.2. The molecule has 1 aliphatic heterocycles. The number of carbonyl (C=O) groups is 2. The lowest BCUT2D eigenvalue weighted by molar-refractivity contribution is 0.0833. The molecule has 0 spiro atoms. The summed E-state index contributed by atoms with van der Waals surface area (Å²) in [4.78, 5) is 31.0. The molecule has 10 heteroatoms. The van der Waals surface area contributed by atoms with E-state index in [4.69, 9.17) is 32.4 Å². The largest absolute Gasteiger partial charge is 0.454 e. The summed E-state index contributed by atoms with van der Waals surface area (Å²) in [7, 11) is 0. The van der Waals surface area contributed by atoms with Crippen LogP contribution in [0.2, 0.25) is 10.0 Å². The summed E-state index contributed by atoms with van der Waals surface area (Å²) in [6.45, 7) is 5.44. The SMILES string of the molecule is Cc1sc(=NC(=O)c2ccc(Cl)cc2Cl)n(Cc2ccc(C(=O)NC[C@H]3CCCO3)o2)c1C. The number of aryl methyl sites for hydroxylation is 1. The molecule has 1 N–H and O–H groups in total. The van der Waals surface area contributed by atoms with Crippen molar-refractivity contribution in [3.63, 3.8) is 0 Å². The van der Waals surface area contributed by atoms with Gasteiger partial charge in [-0.3, -0.25) is 9.59 Å². The molecule has 2 amide bonds. The number of nitrogens with zero attached hydrogens (tertiary/aromatic N) is 2. The Labute approximate surface area is 205 Å². The summed E-state index contributed by atoms with van der Waals surface area (Å²) < 4.78 is 13.2. The van der Waals surface area contributed by atoms with E-state index in [0.29, 0.717) is 28.7 Å². The van der Waals surface area contributed by atoms with Crippen LogP contribution in [-0.2, 0) is 11.3 Å². The molecule has 0 saturated carbocycles. The predicted octanol–water partition coefficient (Wildman–Crippen LogP) is 4.76. The van der Waals surface area contributed by atoms with Gasteiger partial charge in [-0.05, 0) is 57.0 Å². The van der Waals surface area contributed by atoms with Gasteiger partial charge in [0.05, 0.1) is 23.2 Å². The average molecular weight is 508 g/mol. The second-order valence-electron chi connectivity index (χ2n) is 7.76. The molecule has 1 saturated heterocycles. The normalized spacial score (nSPS) is 16.4. The fourth-order valence-corrected chi connectivity index (χ4v) is 4.98. The van der Waals surface area contributed by atoms with Gasteiger partial charge in [-0.15, -0.1) is 11.3 Å². The summed E-state index contributed by atoms with van der Waals surface area (Å²) in [5.41, 5.74) is 1.23. The third-order valence-corrected chi connectivity index (χ3v) is 7.11. The average Bonchev–Trinajstić information content (AvgIpc) is 3.51. The number of ether oxygens (including phenoxy) is 1. The molecule has 7 nitrogen and oxygen atoms in total. The summed E-state index contributed by atoms with van der Waals surface area (Å²) >= 11 is 13.5. The molecule has 1 aliphatic rings. The van der Waals surface area contributed by atoms with E-state index in [1.807, 2.05) is 18.4 Å². The van der Waals surface area contributed by atoms with Crippen molar-refractivity contribution in [1.29, 1.82) is 0 Å². The van der Waals surface area contributed by atoms with Crippen LogP contribution in [0.3, 0.4) is 0 Å². The van der Waals surface area contributed by atoms with E-state index < -0.39 is 5.91 Å². The van der Waals surface area contributed by atoms with E-state index >= 15 is 0 Å². The topological polar surface area (TPSA) is 85.8 Å². The second-order valence-corrected chi connectivity index (χ2v) is 9.79. The third kappa shape index (κ3) is 5.58. The van der Waals surface area contributed by atoms with E-state index in [0.717, 1.165) is 30.0 Å². The Bertz CT molecular complexity index is 1250. The van der Waals surface area contributed by atoms with Gasteiger partial charge in [0.2, 0.25) is 0 Å². The quantitative estimate of drug-likeness (QED) is 0.520. The van der Waals surface area contributed by atoms with Gasteiger partial charge < -0.3 is 19.0 Å². The fraction of sp³-hybridized carbons (Fsp3) is 0.348. The van der Waals surface area contributed by atoms with Crippen LogP contribution in [0.25, 0.3) is 0 Å². The van der Waals surface area contributed by atoms with Gasteiger partial charge in [-0.2, -0.15) is 4.99 Å². The van der Waals surface area contributed by atoms with Gasteiger partial charge in [0, 0.05) is 28.7 Å². The molecule has 0 unspecified atom stereocenters. The van der Waals surface area contributed by atoms with Crippen molar-refractivity contribution in [2.24, 2.45) is 4.99 Å². The lowest BCUT2D eigenvalue weighted by Crippen LogP contribution is -2.31. The van der Waals surface area contributed by atoms with Crippen molar-refractivity contribution < 1.29 is 18.7 Å². The number of furan rings is 1. The van der Waals surface area contributed by atoms with E-state index in [1.54, 1.807) is 24.3 Å². The number of benzene rings is 1. The monoisotopic (exact) mass is 507 g/mol. The number of nitrogens with one attached hydrogen (secondary N) is 1. The molecule has 0 radical (unpaired) electrons. The standard InChI is InChI=1S/C23H23Cl2N3O4S/c1-13-14(2)33-23(27-21(29)18-7-5-15(24)10-19(18)25)28(13)12-17-6-8-20(32-17)22(30)26-11-16-4-3-9-31-16/h5-8,10,16H,3-4,9,11-12H2,1-2H3,(H,26,30)/t16-/m1/s1. The van der Waals surface area contributed by atoms with Crippen molar-refractivity contribution in [3.8, 4) is 0 Å². The maximum absolute atomic E-state index is 12.8. The van der Waals surface area contributed by atoms with Crippen LogP contribution >= 0.6 is 34.5 Å². The first-order chi connectivity index (χ1) is 15.8. The molecule has 3 heterocycles. The Morgan fingerprint density at radius 2 is 2.06 bits per heavy atom. The molecule has 3 aromatic rings. The van der Waals surface area contributed by atoms with E-state index in [-0.39, 0.29) is 28.4 Å². The first kappa shape index (κ1) is 23.8. The molecule has 1 aromatic carbocycles. The van der Waals surface area contributed by atoms with Crippen molar-refractivity contribution in [1.82, 2.24) is 9.88 Å². The number of halogens is 2. The molecule has 33 heavy (non-hydrogen) atoms. The van der Waals surface area contributed by atoms with Crippen LogP contribution in [0.1, 0.15) is 50.1 Å². The van der Waals surface area contributed by atoms with Crippen LogP contribution in [0.5, 0.6) is 0 Å². The van der Waals surface area contributed by atoms with Crippen molar-refractivity contribution in [3.05, 3.63) is 72.8 Å². The zero-order valence-corrected chi connectivity index (χ0v) is 20.5. The predicted molar refractivity (Wildman–Crippen MR) is 127 cm³/mol. The Balaban J connectivity index is 1.52. The highest BCUT2D eigenvalue weighted by Crippen LogP contribution is 2.22. The van der Waals surface area contributed by atoms with E-state index in [9.17, 15) is 9.59 Å². The molecule has 1 atom stereocenters. The first-order valence-electron chi connectivity index (χ1n) is 10.5. The molecule has 0 bridgehead atoms. The lowest BCUT2D eigenvalue weighted by Gasteiger charge is -2.09. The van der Waals surface area contributed by atoms with Crippen molar-refractivity contribution in [2.75, 3.05) is 13.2 Å². The van der Waals surface area contributed by atoms with Gasteiger partial charge in [-0.25, -0.2) is 0 Å². The molecule has 174 valence electrons. The van der Waals surface area contributed by atoms with Gasteiger partial charge in [-0.1, -0.05) is 23.2 Å². The van der Waals surface area contributed by atoms with Gasteiger partial charge >= 0.3 is 0 Å². The van der Waals surface area contributed by atoms with Crippen LogP contribution in [-0.4, -0.2) is 35.6 Å². The summed E-state index contributed by atoms with van der Waals surface area (Å²) in [5.74, 6) is 0.0741. The highest BCUT2D eigenvalue weighted by molar-refractivity contribution is 7.09. The summed E-state index contributed by atoms with van der Waals surface area (Å²) in [6.07, 6.45) is 2.03. The van der Waals surface area contributed by atoms with Crippen molar-refractivity contribution in [2.45, 2.75) is 39.3 Å². The molecular formula is C23H23Cl2N3O4S. The number of hydrogen-bond acceptors (Lipinski definition) is 5. The second kappa shape index (κ2) is 10.3. The Kier molecular flexibility index (Phi) is 7.38. The number of carbonyl (C=O) groups excluding carboxylic acids is 2. The number of rotatable bonds is 6. The number of hydrogen-bond donors (Lipinski definition) is 1. The van der Waals surface area contributed by atoms with Gasteiger partial charge in [0.1, 0.15) is 5.76 Å². The Hall–Kier alpha value is -2.39. The smallest absolute Gasteiger partial charge is 0.287 e. The summed E-state index contributed by atoms with van der Waals surface area (Å²) in [6, 6.07) is 8.07. The van der Waals surface area contributed by atoms with Crippen LogP contribution in [0.15, 0.2) is 39.7 Å². The third-order valence-electron chi connectivity index (χ3n) is 5.46. The molecule has 4 rings (SSSR count). The van der Waals surface area contributed by atoms with Crippen LogP contribution in [0.4, 0.5) is 0 Å². The minimum atomic E-state index is -0.458. The number of amides is 2. The number of aromatic nitrogens is 1. The fourth-order valence-electron chi connectivity index (χ4n) is 3.52. The van der Waals surface area contributed by atoms with Crippen molar-refractivity contribution >= 4 is 46.4 Å². The van der Waals surface area contributed by atoms with E-state index in [2.05, 4.69) is 10.3 Å². The molecular weight excluding hydrogens is 485 g/mol. The number of thiazole rings is 1. The first-order valence-corrected chi connectivity index (χ1v) is 12.1. The maximum atomic E-state index is 12.8. The Morgan fingerprint density at radius 3 is 2.79 bits per heavy atom.